The Balaban J connectivity index is 3.54. The number of hydrogen-bond donors (Lipinski definition) is 1. The van der Waals surface area contributed by atoms with Crippen LogP contribution in [0.3, 0.4) is 0 Å². The van der Waals surface area contributed by atoms with Gasteiger partial charge in [0.15, 0.2) is 0 Å². The molecule has 0 heterocycles. The Morgan fingerprint density at radius 2 is 2.18 bits per heavy atom. The van der Waals surface area contributed by atoms with Gasteiger partial charge in [0.1, 0.15) is 0 Å². The zero-order valence-electron chi connectivity index (χ0n) is 7.00. The van der Waals surface area contributed by atoms with Crippen LogP contribution >= 0.6 is 0 Å². The summed E-state index contributed by atoms with van der Waals surface area (Å²) in [5.41, 5.74) is -0.0709. The predicted molar refractivity (Wildman–Crippen MR) is 41.5 cm³/mol. The van der Waals surface area contributed by atoms with Gasteiger partial charge >= 0.3 is 5.97 Å². The van der Waals surface area contributed by atoms with Crippen molar-refractivity contribution in [3.63, 3.8) is 0 Å². The molecule has 0 atom stereocenters. The molecule has 0 unspecified atom stereocenters. The zero-order chi connectivity index (χ0) is 8.91. The summed E-state index contributed by atoms with van der Waals surface area (Å²) in [6.07, 6.45) is 1.57. The fourth-order valence-electron chi connectivity index (χ4n) is 0.288. The number of carbonyl (C=O) groups is 1. The molecule has 0 saturated carbocycles. The van der Waals surface area contributed by atoms with Gasteiger partial charge in [0.25, 0.3) is 0 Å². The molecule has 0 fully saturated rings. The van der Waals surface area contributed by atoms with Crippen LogP contribution in [0.15, 0.2) is 5.16 Å². The van der Waals surface area contributed by atoms with Crippen molar-refractivity contribution < 1.29 is 14.7 Å². The van der Waals surface area contributed by atoms with E-state index in [1.54, 1.807) is 6.21 Å². The van der Waals surface area contributed by atoms with Crippen LogP contribution in [0.5, 0.6) is 0 Å². The van der Waals surface area contributed by atoms with E-state index in [2.05, 4.69) is 9.99 Å². The van der Waals surface area contributed by atoms with Crippen molar-refractivity contribution in [3.05, 3.63) is 0 Å². The van der Waals surface area contributed by atoms with Crippen molar-refractivity contribution in [3.8, 4) is 0 Å². The van der Waals surface area contributed by atoms with Crippen molar-refractivity contribution in [2.75, 3.05) is 6.61 Å². The van der Waals surface area contributed by atoms with Crippen LogP contribution in [-0.4, -0.2) is 23.9 Å². The number of hydrogen-bond acceptors (Lipinski definition) is 3. The first kappa shape index (κ1) is 9.94. The minimum atomic E-state index is -1.02. The fourth-order valence-corrected chi connectivity index (χ4v) is 0.288. The lowest BCUT2D eigenvalue weighted by atomic mass is 10.00. The zero-order valence-corrected chi connectivity index (χ0v) is 7.00. The highest BCUT2D eigenvalue weighted by Gasteiger charge is 2.05. The van der Waals surface area contributed by atoms with Crippen LogP contribution in [0.4, 0.5) is 0 Å². The van der Waals surface area contributed by atoms with Gasteiger partial charge in [0.2, 0.25) is 6.61 Å². The normalized spacial score (nSPS) is 11.9. The summed E-state index contributed by atoms with van der Waals surface area (Å²) >= 11 is 0. The van der Waals surface area contributed by atoms with Crippen LogP contribution in [0.1, 0.15) is 20.8 Å². The third kappa shape index (κ3) is 8.94. The first-order chi connectivity index (χ1) is 4.92. The van der Waals surface area contributed by atoms with Crippen molar-refractivity contribution in [1.82, 2.24) is 0 Å². The Kier molecular flexibility index (Phi) is 3.57. The monoisotopic (exact) mass is 159 g/mol. The summed E-state index contributed by atoms with van der Waals surface area (Å²) in [7, 11) is 0. The Labute approximate surface area is 65.8 Å². The molecule has 4 heteroatoms. The van der Waals surface area contributed by atoms with Gasteiger partial charge < -0.3 is 9.94 Å². The SMILES string of the molecule is CC(C)(C)/C=N/OCC(=O)O. The molecule has 0 aromatic carbocycles. The summed E-state index contributed by atoms with van der Waals surface area (Å²) in [6.45, 7) is 5.45. The molecule has 4 nitrogen and oxygen atoms in total. The van der Waals surface area contributed by atoms with Crippen molar-refractivity contribution in [2.24, 2.45) is 10.6 Å². The smallest absolute Gasteiger partial charge is 0.344 e. The lowest BCUT2D eigenvalue weighted by molar-refractivity contribution is -0.142. The van der Waals surface area contributed by atoms with Gasteiger partial charge in [-0.05, 0) is 0 Å². The average molecular weight is 159 g/mol. The highest BCUT2D eigenvalue weighted by molar-refractivity contribution is 5.68. The second kappa shape index (κ2) is 3.95. The molecule has 0 radical (unpaired) electrons. The van der Waals surface area contributed by atoms with E-state index < -0.39 is 5.97 Å². The van der Waals surface area contributed by atoms with E-state index >= 15 is 0 Å². The highest BCUT2D eigenvalue weighted by Crippen LogP contribution is 2.07. The maximum absolute atomic E-state index is 9.92. The summed E-state index contributed by atoms with van der Waals surface area (Å²) in [5.74, 6) is -1.02. The minimum Gasteiger partial charge on any atom is -0.479 e. The summed E-state index contributed by atoms with van der Waals surface area (Å²) in [4.78, 5) is 14.4. The van der Waals surface area contributed by atoms with E-state index in [9.17, 15) is 4.79 Å². The largest absolute Gasteiger partial charge is 0.479 e. The molecule has 0 aromatic heterocycles. The van der Waals surface area contributed by atoms with Gasteiger partial charge in [-0.25, -0.2) is 4.79 Å². The molecule has 1 N–H and O–H groups in total. The summed E-state index contributed by atoms with van der Waals surface area (Å²) in [5, 5.41) is 11.6. The van der Waals surface area contributed by atoms with E-state index in [4.69, 9.17) is 5.11 Å². The van der Waals surface area contributed by atoms with Gasteiger partial charge in [-0.2, -0.15) is 0 Å². The molecule has 0 spiro atoms. The predicted octanol–water partition coefficient (Wildman–Crippen LogP) is 1.12. The Morgan fingerprint density at radius 3 is 2.55 bits per heavy atom. The number of rotatable bonds is 3. The van der Waals surface area contributed by atoms with E-state index in [0.29, 0.717) is 0 Å². The molecule has 0 aliphatic carbocycles. The topological polar surface area (TPSA) is 58.9 Å². The molecule has 0 saturated heterocycles. The van der Waals surface area contributed by atoms with Crippen molar-refractivity contribution in [1.29, 1.82) is 0 Å². The highest BCUT2D eigenvalue weighted by atomic mass is 16.6. The van der Waals surface area contributed by atoms with E-state index in [-0.39, 0.29) is 12.0 Å². The van der Waals surface area contributed by atoms with Crippen LogP contribution in [0, 0.1) is 5.41 Å². The number of carboxylic acid groups (broad SMARTS) is 1. The van der Waals surface area contributed by atoms with Crippen LogP contribution in [0.25, 0.3) is 0 Å². The van der Waals surface area contributed by atoms with Gasteiger partial charge in [-0.3, -0.25) is 0 Å². The maximum Gasteiger partial charge on any atom is 0.344 e. The Bertz CT molecular complexity index is 158. The second-order valence-corrected chi connectivity index (χ2v) is 3.27. The number of nitrogens with zero attached hydrogens (tertiary/aromatic N) is 1. The quantitative estimate of drug-likeness (QED) is 0.496. The van der Waals surface area contributed by atoms with Gasteiger partial charge in [-0.1, -0.05) is 25.9 Å². The molecule has 64 valence electrons. The number of oxime groups is 1. The lowest BCUT2D eigenvalue weighted by Gasteiger charge is -2.08. The molecule has 0 aromatic rings. The first-order valence-corrected chi connectivity index (χ1v) is 3.30. The molecule has 0 aliphatic heterocycles. The second-order valence-electron chi connectivity index (χ2n) is 3.27. The average Bonchev–Trinajstić information content (AvgIpc) is 1.78. The van der Waals surface area contributed by atoms with E-state index in [1.165, 1.54) is 0 Å². The van der Waals surface area contributed by atoms with Crippen LogP contribution in [-0.2, 0) is 9.63 Å². The molecule has 0 aliphatic rings. The summed E-state index contributed by atoms with van der Waals surface area (Å²) < 4.78 is 0. The van der Waals surface area contributed by atoms with Gasteiger partial charge in [0, 0.05) is 11.6 Å². The third-order valence-electron chi connectivity index (χ3n) is 0.703. The molecule has 0 rings (SSSR count). The van der Waals surface area contributed by atoms with E-state index in [1.807, 2.05) is 20.8 Å². The molecular weight excluding hydrogens is 146 g/mol. The molecule has 0 bridgehead atoms. The van der Waals surface area contributed by atoms with Gasteiger partial charge in [-0.15, -0.1) is 0 Å². The molecule has 0 amide bonds. The Hall–Kier alpha value is -1.06. The molecular formula is C7H13NO3. The first-order valence-electron chi connectivity index (χ1n) is 3.30. The standard InChI is InChI=1S/C7H13NO3/c1-7(2,3)5-8-11-4-6(9)10/h5H,4H2,1-3H3,(H,9,10)/b8-5+. The van der Waals surface area contributed by atoms with Crippen molar-refractivity contribution >= 4 is 12.2 Å². The number of aliphatic carboxylic acids is 1. The van der Waals surface area contributed by atoms with Crippen LogP contribution in [0.2, 0.25) is 0 Å². The van der Waals surface area contributed by atoms with Crippen LogP contribution < -0.4 is 0 Å². The fraction of sp³-hybridized carbons (Fsp3) is 0.714. The van der Waals surface area contributed by atoms with Gasteiger partial charge in [0.05, 0.1) is 0 Å². The number of carboxylic acids is 1. The molecule has 11 heavy (non-hydrogen) atoms. The minimum absolute atomic E-state index is 0.0709. The summed E-state index contributed by atoms with van der Waals surface area (Å²) in [6, 6.07) is 0. The van der Waals surface area contributed by atoms with Crippen molar-refractivity contribution in [2.45, 2.75) is 20.8 Å². The van der Waals surface area contributed by atoms with E-state index in [0.717, 1.165) is 0 Å². The Morgan fingerprint density at radius 1 is 1.64 bits per heavy atom. The lowest BCUT2D eigenvalue weighted by Crippen LogP contribution is -2.08. The third-order valence-corrected chi connectivity index (χ3v) is 0.703. The maximum atomic E-state index is 9.92.